The van der Waals surface area contributed by atoms with E-state index in [1.807, 2.05) is 6.07 Å². The standard InChI is InChI=1S/C10H8ClNO/c1-13-7-9(6-12)8-2-4-10(11)5-3-8/h2-5,7H,1H3/b9-7-. The second-order valence-electron chi connectivity index (χ2n) is 2.39. The number of rotatable bonds is 2. The summed E-state index contributed by atoms with van der Waals surface area (Å²) in [5.41, 5.74) is 1.29. The second kappa shape index (κ2) is 4.54. The van der Waals surface area contributed by atoms with Crippen LogP contribution in [0.5, 0.6) is 0 Å². The zero-order chi connectivity index (χ0) is 9.68. The van der Waals surface area contributed by atoms with Gasteiger partial charge in [-0.2, -0.15) is 5.26 Å². The molecule has 0 bridgehead atoms. The van der Waals surface area contributed by atoms with Gasteiger partial charge in [0.25, 0.3) is 0 Å². The first-order valence-electron chi connectivity index (χ1n) is 3.67. The van der Waals surface area contributed by atoms with E-state index in [9.17, 15) is 0 Å². The molecule has 0 unspecified atom stereocenters. The van der Waals surface area contributed by atoms with Crippen LogP contribution in [-0.4, -0.2) is 7.11 Å². The monoisotopic (exact) mass is 193 g/mol. The highest BCUT2D eigenvalue weighted by Crippen LogP contribution is 2.16. The van der Waals surface area contributed by atoms with E-state index in [1.165, 1.54) is 13.4 Å². The fourth-order valence-electron chi connectivity index (χ4n) is 0.906. The van der Waals surface area contributed by atoms with Gasteiger partial charge >= 0.3 is 0 Å². The third-order valence-electron chi connectivity index (χ3n) is 1.51. The average Bonchev–Trinajstić information content (AvgIpc) is 2.16. The van der Waals surface area contributed by atoms with E-state index in [4.69, 9.17) is 21.6 Å². The molecule has 0 amide bonds. The molecule has 0 aliphatic heterocycles. The van der Waals surface area contributed by atoms with Crippen molar-refractivity contribution in [1.29, 1.82) is 5.26 Å². The number of methoxy groups -OCH3 is 1. The molecule has 0 aliphatic rings. The van der Waals surface area contributed by atoms with E-state index in [-0.39, 0.29) is 0 Å². The lowest BCUT2D eigenvalue weighted by molar-refractivity contribution is 0.340. The second-order valence-corrected chi connectivity index (χ2v) is 2.82. The molecule has 1 rings (SSSR count). The molecular weight excluding hydrogens is 186 g/mol. The number of ether oxygens (including phenoxy) is 1. The summed E-state index contributed by atoms with van der Waals surface area (Å²) in [6.07, 6.45) is 1.41. The first-order valence-corrected chi connectivity index (χ1v) is 4.04. The Morgan fingerprint density at radius 3 is 2.54 bits per heavy atom. The van der Waals surface area contributed by atoms with Crippen LogP contribution in [0.4, 0.5) is 0 Å². The predicted molar refractivity (Wildman–Crippen MR) is 52.1 cm³/mol. The van der Waals surface area contributed by atoms with Gasteiger partial charge in [-0.15, -0.1) is 0 Å². The normalized spacial score (nSPS) is 10.7. The summed E-state index contributed by atoms with van der Waals surface area (Å²) in [4.78, 5) is 0. The fraction of sp³-hybridized carbons (Fsp3) is 0.100. The minimum atomic E-state index is 0.485. The summed E-state index contributed by atoms with van der Waals surface area (Å²) in [5, 5.41) is 9.40. The maximum Gasteiger partial charge on any atom is 0.103 e. The van der Waals surface area contributed by atoms with Crippen molar-refractivity contribution in [2.75, 3.05) is 7.11 Å². The molecule has 0 spiro atoms. The van der Waals surface area contributed by atoms with Crippen molar-refractivity contribution in [1.82, 2.24) is 0 Å². The van der Waals surface area contributed by atoms with Crippen LogP contribution in [0.2, 0.25) is 5.02 Å². The van der Waals surface area contributed by atoms with Gasteiger partial charge in [-0.05, 0) is 17.7 Å². The van der Waals surface area contributed by atoms with E-state index in [2.05, 4.69) is 0 Å². The quantitative estimate of drug-likeness (QED) is 0.535. The molecule has 0 radical (unpaired) electrons. The van der Waals surface area contributed by atoms with Gasteiger partial charge in [0.2, 0.25) is 0 Å². The molecule has 1 aromatic rings. The molecular formula is C10H8ClNO. The van der Waals surface area contributed by atoms with Crippen molar-refractivity contribution in [3.63, 3.8) is 0 Å². The molecule has 0 saturated heterocycles. The summed E-state index contributed by atoms with van der Waals surface area (Å²) in [6.45, 7) is 0. The molecule has 0 aromatic heterocycles. The Kier molecular flexibility index (Phi) is 3.36. The van der Waals surface area contributed by atoms with Crippen molar-refractivity contribution in [2.24, 2.45) is 0 Å². The molecule has 3 heteroatoms. The minimum Gasteiger partial charge on any atom is -0.503 e. The molecule has 0 heterocycles. The van der Waals surface area contributed by atoms with Crippen molar-refractivity contribution < 1.29 is 4.74 Å². The Hall–Kier alpha value is -1.46. The Morgan fingerprint density at radius 2 is 2.08 bits per heavy atom. The van der Waals surface area contributed by atoms with Gasteiger partial charge in [0.15, 0.2) is 0 Å². The minimum absolute atomic E-state index is 0.485. The smallest absolute Gasteiger partial charge is 0.103 e. The molecule has 0 atom stereocenters. The number of allylic oxidation sites excluding steroid dienone is 1. The number of halogens is 1. The lowest BCUT2D eigenvalue weighted by Gasteiger charge is -1.98. The summed E-state index contributed by atoms with van der Waals surface area (Å²) < 4.78 is 4.76. The number of nitrogens with zero attached hydrogens (tertiary/aromatic N) is 1. The molecule has 1 aromatic carbocycles. The lowest BCUT2D eigenvalue weighted by Crippen LogP contribution is -1.81. The van der Waals surface area contributed by atoms with Gasteiger partial charge in [0.1, 0.15) is 12.3 Å². The van der Waals surface area contributed by atoms with Gasteiger partial charge in [-0.25, -0.2) is 0 Å². The van der Waals surface area contributed by atoms with E-state index in [0.717, 1.165) is 5.56 Å². The third kappa shape index (κ3) is 2.50. The Morgan fingerprint density at radius 1 is 1.46 bits per heavy atom. The van der Waals surface area contributed by atoms with Crippen molar-refractivity contribution in [3.05, 3.63) is 41.1 Å². The highest BCUT2D eigenvalue weighted by molar-refractivity contribution is 6.30. The van der Waals surface area contributed by atoms with E-state index < -0.39 is 0 Å². The lowest BCUT2D eigenvalue weighted by atomic mass is 10.1. The Bertz CT molecular complexity index is 348. The van der Waals surface area contributed by atoms with Crippen molar-refractivity contribution in [3.8, 4) is 6.07 Å². The Labute approximate surface area is 82.0 Å². The zero-order valence-electron chi connectivity index (χ0n) is 7.12. The van der Waals surface area contributed by atoms with Gasteiger partial charge in [-0.1, -0.05) is 23.7 Å². The number of hydrogen-bond acceptors (Lipinski definition) is 2. The molecule has 0 aliphatic carbocycles. The summed E-state index contributed by atoms with van der Waals surface area (Å²) in [5.74, 6) is 0. The van der Waals surface area contributed by atoms with Gasteiger partial charge < -0.3 is 4.74 Å². The largest absolute Gasteiger partial charge is 0.503 e. The number of nitriles is 1. The molecule has 0 saturated carbocycles. The summed E-state index contributed by atoms with van der Waals surface area (Å²) in [7, 11) is 1.51. The van der Waals surface area contributed by atoms with Crippen LogP contribution in [0, 0.1) is 11.3 Å². The number of hydrogen-bond donors (Lipinski definition) is 0. The van der Waals surface area contributed by atoms with Gasteiger partial charge in [0.05, 0.1) is 12.7 Å². The van der Waals surface area contributed by atoms with Crippen LogP contribution in [0.15, 0.2) is 30.5 Å². The molecule has 2 nitrogen and oxygen atoms in total. The van der Waals surface area contributed by atoms with Gasteiger partial charge in [-0.3, -0.25) is 0 Å². The van der Waals surface area contributed by atoms with E-state index >= 15 is 0 Å². The SMILES string of the molecule is CO/C=C(/C#N)c1ccc(Cl)cc1. The topological polar surface area (TPSA) is 33.0 Å². The number of benzene rings is 1. The van der Waals surface area contributed by atoms with Crippen LogP contribution in [0.1, 0.15) is 5.56 Å². The van der Waals surface area contributed by atoms with Crippen LogP contribution >= 0.6 is 11.6 Å². The molecule has 0 fully saturated rings. The fourth-order valence-corrected chi connectivity index (χ4v) is 1.03. The van der Waals surface area contributed by atoms with E-state index in [0.29, 0.717) is 10.6 Å². The van der Waals surface area contributed by atoms with Crippen LogP contribution in [0.25, 0.3) is 5.57 Å². The van der Waals surface area contributed by atoms with Crippen LogP contribution < -0.4 is 0 Å². The molecule has 13 heavy (non-hydrogen) atoms. The summed E-state index contributed by atoms with van der Waals surface area (Å²) in [6, 6.07) is 9.05. The average molecular weight is 194 g/mol. The maximum atomic E-state index is 8.75. The van der Waals surface area contributed by atoms with Crippen molar-refractivity contribution >= 4 is 17.2 Å². The zero-order valence-corrected chi connectivity index (χ0v) is 7.88. The Balaban J connectivity index is 3.01. The highest BCUT2D eigenvalue weighted by Gasteiger charge is 1.99. The van der Waals surface area contributed by atoms with Crippen LogP contribution in [-0.2, 0) is 4.74 Å². The third-order valence-corrected chi connectivity index (χ3v) is 1.76. The predicted octanol–water partition coefficient (Wildman–Crippen LogP) is 2.85. The molecule has 66 valence electrons. The maximum absolute atomic E-state index is 8.75. The van der Waals surface area contributed by atoms with Crippen LogP contribution in [0.3, 0.4) is 0 Å². The highest BCUT2D eigenvalue weighted by atomic mass is 35.5. The van der Waals surface area contributed by atoms with Gasteiger partial charge in [0, 0.05) is 5.02 Å². The molecule has 0 N–H and O–H groups in total. The van der Waals surface area contributed by atoms with E-state index in [1.54, 1.807) is 24.3 Å². The first kappa shape index (κ1) is 9.63. The summed E-state index contributed by atoms with van der Waals surface area (Å²) >= 11 is 5.70. The first-order chi connectivity index (χ1) is 6.27. The van der Waals surface area contributed by atoms with Crippen molar-refractivity contribution in [2.45, 2.75) is 0 Å².